The Balaban J connectivity index is 2.34. The van der Waals surface area contributed by atoms with Crippen LogP contribution in [-0.2, 0) is 10.5 Å². The number of hydrogen-bond acceptors (Lipinski definition) is 6. The molecule has 0 aliphatic heterocycles. The monoisotopic (exact) mass is 334 g/mol. The highest BCUT2D eigenvalue weighted by molar-refractivity contribution is 7.98. The third kappa shape index (κ3) is 3.90. The van der Waals surface area contributed by atoms with Crippen LogP contribution >= 0.6 is 11.8 Å². The van der Waals surface area contributed by atoms with Crippen LogP contribution < -0.4 is 9.47 Å². The fraction of sp³-hybridized carbons (Fsp3) is 0.235. The van der Waals surface area contributed by atoms with E-state index in [1.165, 1.54) is 32.0 Å². The number of esters is 1. The lowest BCUT2D eigenvalue weighted by Gasteiger charge is -2.13. The minimum atomic E-state index is -0.583. The molecule has 0 atom stereocenters. The fourth-order valence-electron chi connectivity index (χ4n) is 2.12. The SMILES string of the molecule is COC(=O)c1c(O)cc(OC)cc1CSc1ccccc1OC. The summed E-state index contributed by atoms with van der Waals surface area (Å²) in [4.78, 5) is 12.9. The Morgan fingerprint density at radius 1 is 1.13 bits per heavy atom. The minimum absolute atomic E-state index is 0.149. The van der Waals surface area contributed by atoms with E-state index < -0.39 is 5.97 Å². The molecule has 2 aromatic carbocycles. The van der Waals surface area contributed by atoms with Gasteiger partial charge in [0.2, 0.25) is 0 Å². The first-order chi connectivity index (χ1) is 11.1. The van der Waals surface area contributed by atoms with Crippen LogP contribution in [0.3, 0.4) is 0 Å². The molecular formula is C17H18O5S. The molecule has 0 bridgehead atoms. The molecule has 0 aromatic heterocycles. The number of benzene rings is 2. The van der Waals surface area contributed by atoms with E-state index >= 15 is 0 Å². The number of phenolic OH excluding ortho intramolecular Hbond substituents is 1. The zero-order valence-electron chi connectivity index (χ0n) is 13.2. The Morgan fingerprint density at radius 3 is 2.52 bits per heavy atom. The maximum Gasteiger partial charge on any atom is 0.341 e. The zero-order chi connectivity index (χ0) is 16.8. The van der Waals surface area contributed by atoms with Gasteiger partial charge in [0.1, 0.15) is 22.8 Å². The molecule has 0 saturated carbocycles. The average Bonchev–Trinajstić information content (AvgIpc) is 2.58. The number of methoxy groups -OCH3 is 3. The lowest BCUT2D eigenvalue weighted by atomic mass is 10.1. The maximum absolute atomic E-state index is 11.9. The number of carbonyl (C=O) groups is 1. The Hall–Kier alpha value is -2.34. The summed E-state index contributed by atoms with van der Waals surface area (Å²) in [6.45, 7) is 0. The Kier molecular flexibility index (Phi) is 5.76. The van der Waals surface area contributed by atoms with Gasteiger partial charge in [-0.3, -0.25) is 0 Å². The maximum atomic E-state index is 11.9. The number of carbonyl (C=O) groups excluding carboxylic acids is 1. The van der Waals surface area contributed by atoms with Gasteiger partial charge in [0, 0.05) is 16.7 Å². The van der Waals surface area contributed by atoms with Gasteiger partial charge >= 0.3 is 5.97 Å². The van der Waals surface area contributed by atoms with Crippen molar-refractivity contribution in [3.05, 3.63) is 47.5 Å². The van der Waals surface area contributed by atoms with E-state index in [0.717, 1.165) is 10.6 Å². The van der Waals surface area contributed by atoms with Crippen LogP contribution in [-0.4, -0.2) is 32.4 Å². The molecule has 23 heavy (non-hydrogen) atoms. The zero-order valence-corrected chi connectivity index (χ0v) is 14.0. The third-order valence-corrected chi connectivity index (χ3v) is 4.35. The predicted octanol–water partition coefficient (Wildman–Crippen LogP) is 3.49. The van der Waals surface area contributed by atoms with E-state index in [0.29, 0.717) is 17.1 Å². The van der Waals surface area contributed by atoms with Crippen molar-refractivity contribution in [3.63, 3.8) is 0 Å². The van der Waals surface area contributed by atoms with Gasteiger partial charge in [-0.25, -0.2) is 4.79 Å². The summed E-state index contributed by atoms with van der Waals surface area (Å²) in [5.41, 5.74) is 0.778. The highest BCUT2D eigenvalue weighted by Gasteiger charge is 2.19. The van der Waals surface area contributed by atoms with Crippen molar-refractivity contribution in [1.82, 2.24) is 0 Å². The summed E-state index contributed by atoms with van der Waals surface area (Å²) < 4.78 is 15.2. The number of rotatable bonds is 6. The molecule has 0 saturated heterocycles. The van der Waals surface area contributed by atoms with E-state index in [1.54, 1.807) is 13.2 Å². The molecule has 0 aliphatic rings. The molecule has 0 aliphatic carbocycles. The van der Waals surface area contributed by atoms with Gasteiger partial charge in [-0.05, 0) is 23.8 Å². The molecule has 1 N–H and O–H groups in total. The summed E-state index contributed by atoms with van der Waals surface area (Å²) in [5, 5.41) is 10.1. The first kappa shape index (κ1) is 17.0. The van der Waals surface area contributed by atoms with E-state index in [2.05, 4.69) is 0 Å². The number of phenols is 1. The molecule has 5 nitrogen and oxygen atoms in total. The van der Waals surface area contributed by atoms with Crippen LogP contribution in [0.4, 0.5) is 0 Å². The first-order valence-corrected chi connectivity index (χ1v) is 7.83. The molecular weight excluding hydrogens is 316 g/mol. The largest absolute Gasteiger partial charge is 0.507 e. The van der Waals surface area contributed by atoms with Crippen molar-refractivity contribution >= 4 is 17.7 Å². The lowest BCUT2D eigenvalue weighted by molar-refractivity contribution is 0.0596. The molecule has 0 radical (unpaired) electrons. The van der Waals surface area contributed by atoms with Gasteiger partial charge in [-0.1, -0.05) is 12.1 Å². The molecule has 0 spiro atoms. The van der Waals surface area contributed by atoms with Crippen LogP contribution in [0.25, 0.3) is 0 Å². The quantitative estimate of drug-likeness (QED) is 0.644. The molecule has 0 fully saturated rings. The number of ether oxygens (including phenoxy) is 3. The highest BCUT2D eigenvalue weighted by atomic mass is 32.2. The summed E-state index contributed by atoms with van der Waals surface area (Å²) in [7, 11) is 4.39. The number of hydrogen-bond donors (Lipinski definition) is 1. The molecule has 6 heteroatoms. The summed E-state index contributed by atoms with van der Waals surface area (Å²) in [6, 6.07) is 10.7. The molecule has 0 unspecified atom stereocenters. The van der Waals surface area contributed by atoms with Crippen molar-refractivity contribution in [2.24, 2.45) is 0 Å². The summed E-state index contributed by atoms with van der Waals surface area (Å²) >= 11 is 1.50. The van der Waals surface area contributed by atoms with Gasteiger partial charge in [-0.15, -0.1) is 11.8 Å². The van der Waals surface area contributed by atoms with Crippen LogP contribution in [0, 0.1) is 0 Å². The van der Waals surface area contributed by atoms with Crippen LogP contribution in [0.15, 0.2) is 41.3 Å². The number of thioether (sulfide) groups is 1. The highest BCUT2D eigenvalue weighted by Crippen LogP contribution is 2.35. The standard InChI is InChI=1S/C17H18O5S/c1-20-12-8-11(16(13(18)9-12)17(19)22-3)10-23-15-7-5-4-6-14(15)21-2/h4-9,18H,10H2,1-3H3. The average molecular weight is 334 g/mol. The third-order valence-electron chi connectivity index (χ3n) is 3.25. The van der Waals surface area contributed by atoms with Crippen LogP contribution in [0.1, 0.15) is 15.9 Å². The summed E-state index contributed by atoms with van der Waals surface area (Å²) in [5.74, 6) is 0.942. The van der Waals surface area contributed by atoms with Crippen molar-refractivity contribution in [2.45, 2.75) is 10.6 Å². The second-order valence-electron chi connectivity index (χ2n) is 4.61. The second kappa shape index (κ2) is 7.78. The first-order valence-electron chi connectivity index (χ1n) is 6.84. The molecule has 0 heterocycles. The van der Waals surface area contributed by atoms with Crippen molar-refractivity contribution in [2.75, 3.05) is 21.3 Å². The second-order valence-corrected chi connectivity index (χ2v) is 5.63. The Labute approximate surface area is 139 Å². The van der Waals surface area contributed by atoms with E-state index in [4.69, 9.17) is 14.2 Å². The topological polar surface area (TPSA) is 65.0 Å². The Bertz CT molecular complexity index is 699. The van der Waals surface area contributed by atoms with E-state index in [-0.39, 0.29) is 11.3 Å². The van der Waals surface area contributed by atoms with Crippen molar-refractivity contribution < 1.29 is 24.1 Å². The van der Waals surface area contributed by atoms with E-state index in [9.17, 15) is 9.90 Å². The lowest BCUT2D eigenvalue weighted by Crippen LogP contribution is -2.06. The predicted molar refractivity (Wildman–Crippen MR) is 88.6 cm³/mol. The fourth-order valence-corrected chi connectivity index (χ4v) is 3.13. The molecule has 0 amide bonds. The van der Waals surface area contributed by atoms with Crippen molar-refractivity contribution in [3.8, 4) is 17.2 Å². The van der Waals surface area contributed by atoms with Crippen LogP contribution in [0.2, 0.25) is 0 Å². The normalized spacial score (nSPS) is 10.2. The van der Waals surface area contributed by atoms with Gasteiger partial charge in [0.15, 0.2) is 0 Å². The van der Waals surface area contributed by atoms with Crippen LogP contribution in [0.5, 0.6) is 17.2 Å². The summed E-state index contributed by atoms with van der Waals surface area (Å²) in [6.07, 6.45) is 0. The number of aromatic hydroxyl groups is 1. The number of para-hydroxylation sites is 1. The molecule has 122 valence electrons. The van der Waals surface area contributed by atoms with Crippen molar-refractivity contribution in [1.29, 1.82) is 0 Å². The van der Waals surface area contributed by atoms with Gasteiger partial charge in [-0.2, -0.15) is 0 Å². The Morgan fingerprint density at radius 2 is 1.87 bits per heavy atom. The molecule has 2 rings (SSSR count). The van der Waals surface area contributed by atoms with Gasteiger partial charge < -0.3 is 19.3 Å². The van der Waals surface area contributed by atoms with Gasteiger partial charge in [0.05, 0.1) is 21.3 Å². The molecule has 2 aromatic rings. The smallest absolute Gasteiger partial charge is 0.341 e. The van der Waals surface area contributed by atoms with Gasteiger partial charge in [0.25, 0.3) is 0 Å². The van der Waals surface area contributed by atoms with E-state index in [1.807, 2.05) is 24.3 Å². The minimum Gasteiger partial charge on any atom is -0.507 e.